The van der Waals surface area contributed by atoms with Gasteiger partial charge in [0.25, 0.3) is 0 Å². The van der Waals surface area contributed by atoms with Gasteiger partial charge in [-0.3, -0.25) is 9.69 Å². The number of nitrogens with zero attached hydrogens (tertiary/aromatic N) is 2. The molecule has 0 aliphatic carbocycles. The number of fused-ring (bicyclic) bond motifs is 1. The number of carbonyl (C=O) groups is 1. The lowest BCUT2D eigenvalue weighted by Crippen LogP contribution is -2.48. The number of amides is 1. The van der Waals surface area contributed by atoms with Crippen LogP contribution in [0.1, 0.15) is 35.4 Å². The number of benzene rings is 2. The summed E-state index contributed by atoms with van der Waals surface area (Å²) in [5.41, 5.74) is 2.19. The molecule has 5 nitrogen and oxygen atoms in total. The molecule has 2 heterocycles. The number of aliphatic hydroxyl groups excluding tert-OH is 1. The maximum Gasteiger partial charge on any atom is 0.237 e. The molecule has 0 bridgehead atoms. The Balaban J connectivity index is 1.42. The quantitative estimate of drug-likeness (QED) is 0.418. The molecule has 4 rings (SSSR count). The molecule has 1 N–H and O–H groups in total. The minimum Gasteiger partial charge on any atom is -0.491 e. The Morgan fingerprint density at radius 2 is 2.06 bits per heavy atom. The molecule has 0 fully saturated rings. The van der Waals surface area contributed by atoms with Crippen LogP contribution in [0.25, 0.3) is 0 Å². The Kier molecular flexibility index (Phi) is 8.90. The van der Waals surface area contributed by atoms with Crippen molar-refractivity contribution < 1.29 is 19.0 Å². The summed E-state index contributed by atoms with van der Waals surface area (Å²) in [6.45, 7) is 4.39. The van der Waals surface area contributed by atoms with Crippen molar-refractivity contribution in [3.8, 4) is 5.75 Å². The van der Waals surface area contributed by atoms with Crippen molar-refractivity contribution in [3.05, 3.63) is 87.9 Å². The van der Waals surface area contributed by atoms with Crippen molar-refractivity contribution in [2.75, 3.05) is 32.8 Å². The van der Waals surface area contributed by atoms with Crippen LogP contribution in [0.3, 0.4) is 0 Å². The van der Waals surface area contributed by atoms with Crippen molar-refractivity contribution >= 4 is 17.2 Å². The van der Waals surface area contributed by atoms with E-state index in [0.717, 1.165) is 30.5 Å². The highest BCUT2D eigenvalue weighted by Crippen LogP contribution is 2.34. The van der Waals surface area contributed by atoms with Gasteiger partial charge < -0.3 is 14.7 Å². The van der Waals surface area contributed by atoms with Gasteiger partial charge in [0, 0.05) is 24.0 Å². The number of hydrogen-bond donors (Lipinski definition) is 1. The summed E-state index contributed by atoms with van der Waals surface area (Å²) in [5, 5.41) is 12.7. The molecule has 1 aliphatic rings. The second kappa shape index (κ2) is 12.3. The lowest BCUT2D eigenvalue weighted by atomic mass is 10.00. The van der Waals surface area contributed by atoms with Crippen molar-refractivity contribution in [2.45, 2.75) is 38.3 Å². The summed E-state index contributed by atoms with van der Waals surface area (Å²) in [6.07, 6.45) is 1.72. The van der Waals surface area contributed by atoms with E-state index in [1.807, 2.05) is 40.1 Å². The molecule has 1 aliphatic heterocycles. The molecule has 1 amide bonds. The number of halogens is 1. The van der Waals surface area contributed by atoms with Crippen molar-refractivity contribution in [3.63, 3.8) is 0 Å². The van der Waals surface area contributed by atoms with Gasteiger partial charge in [0.1, 0.15) is 18.2 Å². The normalized spacial score (nSPS) is 16.2. The fourth-order valence-electron chi connectivity index (χ4n) is 4.69. The summed E-state index contributed by atoms with van der Waals surface area (Å²) >= 11 is 1.70. The average Bonchev–Trinajstić information content (AvgIpc) is 3.32. The van der Waals surface area contributed by atoms with Gasteiger partial charge in [0.05, 0.1) is 18.7 Å². The molecule has 2 unspecified atom stereocenters. The molecule has 3 aromatic rings. The number of hydrogen-bond acceptors (Lipinski definition) is 5. The zero-order chi connectivity index (χ0) is 24.6. The first-order valence-electron chi connectivity index (χ1n) is 12.2. The molecule has 2 atom stereocenters. The lowest BCUT2D eigenvalue weighted by molar-refractivity contribution is -0.136. The van der Waals surface area contributed by atoms with Crippen LogP contribution in [-0.2, 0) is 17.6 Å². The van der Waals surface area contributed by atoms with Crippen LogP contribution in [0, 0.1) is 5.82 Å². The third-order valence-corrected chi connectivity index (χ3v) is 7.30. The van der Waals surface area contributed by atoms with E-state index in [9.17, 15) is 14.3 Å². The molecule has 0 saturated carbocycles. The van der Waals surface area contributed by atoms with Gasteiger partial charge >= 0.3 is 0 Å². The minimum absolute atomic E-state index is 0.0232. The Morgan fingerprint density at radius 1 is 1.23 bits per heavy atom. The summed E-state index contributed by atoms with van der Waals surface area (Å²) in [7, 11) is 0. The molecule has 7 heteroatoms. The van der Waals surface area contributed by atoms with Crippen LogP contribution >= 0.6 is 11.3 Å². The number of thiophene rings is 1. The van der Waals surface area contributed by atoms with Crippen LogP contribution < -0.4 is 4.74 Å². The van der Waals surface area contributed by atoms with Crippen LogP contribution in [0.5, 0.6) is 5.75 Å². The van der Waals surface area contributed by atoms with Gasteiger partial charge in [-0.15, -0.1) is 11.3 Å². The highest BCUT2D eigenvalue weighted by Gasteiger charge is 2.33. The van der Waals surface area contributed by atoms with E-state index >= 15 is 0 Å². The summed E-state index contributed by atoms with van der Waals surface area (Å²) < 4.78 is 19.5. The summed E-state index contributed by atoms with van der Waals surface area (Å²) in [6, 6.07) is 17.8. The zero-order valence-electron chi connectivity index (χ0n) is 20.1. The van der Waals surface area contributed by atoms with Crippen LogP contribution in [0.15, 0.2) is 66.0 Å². The van der Waals surface area contributed by atoms with Gasteiger partial charge in [-0.2, -0.15) is 0 Å². The summed E-state index contributed by atoms with van der Waals surface area (Å²) in [4.78, 5) is 18.7. The molecule has 0 radical (unpaired) electrons. The van der Waals surface area contributed by atoms with Crippen molar-refractivity contribution in [1.29, 1.82) is 0 Å². The number of carbonyl (C=O) groups excluding carboxylic acids is 1. The molecular formula is C28H33FN2O3S. The fourth-order valence-corrected chi connectivity index (χ4v) is 5.62. The molecule has 0 saturated heterocycles. The first-order valence-corrected chi connectivity index (χ1v) is 13.1. The predicted molar refractivity (Wildman–Crippen MR) is 137 cm³/mol. The predicted octanol–water partition coefficient (Wildman–Crippen LogP) is 4.71. The van der Waals surface area contributed by atoms with E-state index in [1.54, 1.807) is 23.5 Å². The van der Waals surface area contributed by atoms with Gasteiger partial charge in [-0.05, 0) is 60.5 Å². The first kappa shape index (κ1) is 25.4. The van der Waals surface area contributed by atoms with Crippen LogP contribution in [0.2, 0.25) is 0 Å². The first-order chi connectivity index (χ1) is 17.0. The largest absolute Gasteiger partial charge is 0.491 e. The molecule has 2 aromatic carbocycles. The van der Waals surface area contributed by atoms with Gasteiger partial charge in [0.2, 0.25) is 5.91 Å². The highest BCUT2D eigenvalue weighted by atomic mass is 32.1. The maximum atomic E-state index is 13.6. The monoisotopic (exact) mass is 496 g/mol. The minimum atomic E-state index is -0.548. The van der Waals surface area contributed by atoms with Crippen molar-refractivity contribution in [1.82, 2.24) is 9.80 Å². The Morgan fingerprint density at radius 3 is 2.83 bits per heavy atom. The van der Waals surface area contributed by atoms with Gasteiger partial charge in [-0.1, -0.05) is 43.3 Å². The van der Waals surface area contributed by atoms with Crippen LogP contribution in [-0.4, -0.2) is 59.7 Å². The second-order valence-corrected chi connectivity index (χ2v) is 10.00. The smallest absolute Gasteiger partial charge is 0.237 e. The van der Waals surface area contributed by atoms with E-state index in [4.69, 9.17) is 4.74 Å². The highest BCUT2D eigenvalue weighted by molar-refractivity contribution is 7.10. The third-order valence-electron chi connectivity index (χ3n) is 6.30. The number of rotatable bonds is 11. The van der Waals surface area contributed by atoms with E-state index < -0.39 is 6.10 Å². The maximum absolute atomic E-state index is 13.6. The third kappa shape index (κ3) is 6.90. The lowest BCUT2D eigenvalue weighted by Gasteiger charge is -2.37. The van der Waals surface area contributed by atoms with E-state index in [0.29, 0.717) is 25.3 Å². The standard InChI is InChI=1S/C28H33FN2O3S/c1-2-13-30(18-23(32)16-21-7-4-3-5-8-21)19-28(33)31-14-11-27-25(12-15-35-27)26(31)20-34-24-10-6-9-22(29)17-24/h3-10,12,15,17,23,26,32H,2,11,13-14,16,18-20H2,1H3. The zero-order valence-corrected chi connectivity index (χ0v) is 20.9. The molecule has 186 valence electrons. The average molecular weight is 497 g/mol. The molecule has 35 heavy (non-hydrogen) atoms. The van der Waals surface area contributed by atoms with Gasteiger partial charge in [-0.25, -0.2) is 4.39 Å². The SMILES string of the molecule is CCCN(CC(=O)N1CCc2sccc2C1COc1cccc(F)c1)CC(O)Cc1ccccc1. The Labute approximate surface area is 210 Å². The Hall–Kier alpha value is -2.74. The topological polar surface area (TPSA) is 53.0 Å². The van der Waals surface area contributed by atoms with Crippen molar-refractivity contribution in [2.24, 2.45) is 0 Å². The number of ether oxygens (including phenoxy) is 1. The second-order valence-electron chi connectivity index (χ2n) is 9.00. The molecular weight excluding hydrogens is 463 g/mol. The van der Waals surface area contributed by atoms with Gasteiger partial charge in [0.15, 0.2) is 0 Å². The van der Waals surface area contributed by atoms with E-state index in [1.165, 1.54) is 17.0 Å². The fraction of sp³-hybridized carbons (Fsp3) is 0.393. The molecule has 0 spiro atoms. The number of aliphatic hydroxyl groups is 1. The van der Waals surface area contributed by atoms with Crippen LogP contribution in [0.4, 0.5) is 4.39 Å². The van der Waals surface area contributed by atoms with E-state index in [-0.39, 0.29) is 30.9 Å². The van der Waals surface area contributed by atoms with E-state index in [2.05, 4.69) is 18.4 Å². The Bertz CT molecular complexity index is 1090. The summed E-state index contributed by atoms with van der Waals surface area (Å²) in [5.74, 6) is 0.131. The molecule has 1 aromatic heterocycles.